The summed E-state index contributed by atoms with van der Waals surface area (Å²) < 4.78 is 64.0. The molecule has 1 spiro atoms. The van der Waals surface area contributed by atoms with Gasteiger partial charge in [0.25, 0.3) is 0 Å². The maximum atomic E-state index is 15.7. The molecule has 1 saturated carbocycles. The summed E-state index contributed by atoms with van der Waals surface area (Å²) in [6.07, 6.45) is 5.14. The van der Waals surface area contributed by atoms with Crippen LogP contribution in [0.1, 0.15) is 75.8 Å². The molecule has 6 heterocycles. The average Bonchev–Trinajstić information content (AvgIpc) is 3.77. The number of likely N-dealkylation sites (tertiary alicyclic amines) is 2. The topological polar surface area (TPSA) is 93.7 Å². The van der Waals surface area contributed by atoms with Gasteiger partial charge in [0, 0.05) is 84.7 Å². The van der Waals surface area contributed by atoms with Gasteiger partial charge in [0.2, 0.25) is 11.9 Å². The number of piperidine rings is 1. The van der Waals surface area contributed by atoms with Crippen molar-refractivity contribution < 1.29 is 27.1 Å². The van der Waals surface area contributed by atoms with Crippen molar-refractivity contribution in [2.24, 2.45) is 5.41 Å². The number of halogens is 4. The first kappa shape index (κ1) is 36.2. The third kappa shape index (κ3) is 6.28. The Bertz CT molecular complexity index is 2160. The van der Waals surface area contributed by atoms with Crippen LogP contribution in [0, 0.1) is 18.2 Å². The van der Waals surface area contributed by atoms with Gasteiger partial charge in [-0.05, 0) is 94.0 Å². The summed E-state index contributed by atoms with van der Waals surface area (Å²) in [5, 5.41) is 8.27. The van der Waals surface area contributed by atoms with Crippen LogP contribution < -0.4 is 14.5 Å². The standard InChI is InChI=1S/C41H48F4N8O2/c1-5-26-10-7-23(3)53(26)27-18-51(19-27)39-47-36-29(38(48-39)50-13-11-40(12-14-50)20-52(21-40)33(54)6-2)15-28(25-8-9-25)35(37(36)55-22-41(43,44)45)34-24(4)31(42)16-32-30(34)17-46-49-32/h6,15-17,23,25-27H,2,5,7-14,18-22H2,1,3-4H3,(H,46,49). The van der Waals surface area contributed by atoms with E-state index >= 15 is 4.39 Å². The Hall–Kier alpha value is -4.46. The van der Waals surface area contributed by atoms with Gasteiger partial charge in [-0.15, -0.1) is 0 Å². The number of alkyl halides is 3. The van der Waals surface area contributed by atoms with Gasteiger partial charge < -0.3 is 19.4 Å². The van der Waals surface area contributed by atoms with E-state index in [1.54, 1.807) is 13.1 Å². The van der Waals surface area contributed by atoms with Gasteiger partial charge in [-0.2, -0.15) is 23.3 Å². The lowest BCUT2D eigenvalue weighted by atomic mass is 9.72. The smallest absolute Gasteiger partial charge is 0.422 e. The highest BCUT2D eigenvalue weighted by Gasteiger charge is 2.47. The Morgan fingerprint density at radius 3 is 2.47 bits per heavy atom. The Labute approximate surface area is 317 Å². The Morgan fingerprint density at radius 1 is 1.05 bits per heavy atom. The minimum atomic E-state index is -4.63. The minimum Gasteiger partial charge on any atom is -0.481 e. The molecule has 55 heavy (non-hydrogen) atoms. The third-order valence-electron chi connectivity index (χ3n) is 13.1. The molecule has 0 bridgehead atoms. The highest BCUT2D eigenvalue weighted by Crippen LogP contribution is 2.54. The Kier molecular flexibility index (Phi) is 8.78. The summed E-state index contributed by atoms with van der Waals surface area (Å²) in [7, 11) is 0. The Morgan fingerprint density at radius 2 is 1.80 bits per heavy atom. The first-order valence-corrected chi connectivity index (χ1v) is 19.8. The number of anilines is 2. The van der Waals surface area contributed by atoms with Gasteiger partial charge in [0.15, 0.2) is 12.4 Å². The van der Waals surface area contributed by atoms with Crippen LogP contribution in [0.3, 0.4) is 0 Å². The van der Waals surface area contributed by atoms with Crippen molar-refractivity contribution in [3.05, 3.63) is 47.9 Å². The number of carbonyl (C=O) groups is 1. The zero-order valence-electron chi connectivity index (χ0n) is 31.7. The molecular formula is C41H48F4N8O2. The van der Waals surface area contributed by atoms with E-state index in [9.17, 15) is 18.0 Å². The van der Waals surface area contributed by atoms with Gasteiger partial charge in [-0.3, -0.25) is 14.8 Å². The van der Waals surface area contributed by atoms with Crippen LogP contribution in [-0.4, -0.2) is 106 Å². The van der Waals surface area contributed by atoms with Crippen molar-refractivity contribution in [1.82, 2.24) is 30.0 Å². The van der Waals surface area contributed by atoms with E-state index in [2.05, 4.69) is 45.3 Å². The molecule has 4 aromatic rings. The molecule has 292 valence electrons. The number of rotatable bonds is 9. The number of amides is 1. The first-order chi connectivity index (χ1) is 26.4. The molecule has 2 aromatic carbocycles. The number of ether oxygens (including phenoxy) is 1. The summed E-state index contributed by atoms with van der Waals surface area (Å²) >= 11 is 0. The molecule has 2 atom stereocenters. The van der Waals surface area contributed by atoms with E-state index < -0.39 is 18.6 Å². The second-order valence-corrected chi connectivity index (χ2v) is 16.7. The SMILES string of the molecule is C=CC(=O)N1CC2(CCN(c3nc(N4CC(N5C(C)CCC5CC)C4)nc4c(OCC(F)(F)F)c(-c5c(C)c(F)cc6[nH]ncc56)c(C5CC5)cc34)CC2)C1. The first-order valence-electron chi connectivity index (χ1n) is 19.8. The quantitative estimate of drug-likeness (QED) is 0.139. The average molecular weight is 761 g/mol. The fourth-order valence-corrected chi connectivity index (χ4v) is 9.89. The van der Waals surface area contributed by atoms with E-state index in [4.69, 9.17) is 14.7 Å². The van der Waals surface area contributed by atoms with Gasteiger partial charge in [-0.25, -0.2) is 9.37 Å². The highest BCUT2D eigenvalue weighted by atomic mass is 19.4. The number of nitrogens with zero attached hydrogens (tertiary/aromatic N) is 7. The summed E-state index contributed by atoms with van der Waals surface area (Å²) in [5.41, 5.74) is 2.78. The van der Waals surface area contributed by atoms with Crippen molar-refractivity contribution in [1.29, 1.82) is 0 Å². The molecule has 5 fully saturated rings. The molecule has 0 radical (unpaired) electrons. The van der Waals surface area contributed by atoms with E-state index in [-0.39, 0.29) is 23.0 Å². The largest absolute Gasteiger partial charge is 0.481 e. The zero-order valence-corrected chi connectivity index (χ0v) is 31.7. The van der Waals surface area contributed by atoms with Crippen molar-refractivity contribution in [3.63, 3.8) is 0 Å². The van der Waals surface area contributed by atoms with Gasteiger partial charge >= 0.3 is 6.18 Å². The number of carbonyl (C=O) groups excluding carboxylic acids is 1. The number of hydrogen-bond acceptors (Lipinski definition) is 8. The number of aromatic amines is 1. The maximum Gasteiger partial charge on any atom is 0.422 e. The number of nitrogens with one attached hydrogen (secondary N) is 1. The van der Waals surface area contributed by atoms with Crippen LogP contribution in [0.15, 0.2) is 31.0 Å². The molecule has 5 aliphatic rings. The molecule has 2 unspecified atom stereocenters. The molecule has 4 aliphatic heterocycles. The number of benzene rings is 2. The molecular weight excluding hydrogens is 712 g/mol. The fourth-order valence-electron chi connectivity index (χ4n) is 9.89. The molecule has 1 aliphatic carbocycles. The van der Waals surface area contributed by atoms with E-state index in [0.717, 1.165) is 44.1 Å². The van der Waals surface area contributed by atoms with Crippen molar-refractivity contribution in [3.8, 4) is 16.9 Å². The summed E-state index contributed by atoms with van der Waals surface area (Å²) in [6.45, 7) is 12.4. The van der Waals surface area contributed by atoms with Crippen LogP contribution in [0.5, 0.6) is 5.75 Å². The lowest BCUT2D eigenvalue weighted by Crippen LogP contribution is -2.62. The summed E-state index contributed by atoms with van der Waals surface area (Å²) in [6, 6.07) is 4.75. The highest BCUT2D eigenvalue weighted by molar-refractivity contribution is 6.06. The predicted molar refractivity (Wildman–Crippen MR) is 204 cm³/mol. The maximum absolute atomic E-state index is 15.7. The lowest BCUT2D eigenvalue weighted by molar-refractivity contribution is -0.153. The molecule has 1 amide bonds. The van der Waals surface area contributed by atoms with Crippen molar-refractivity contribution in [2.45, 2.75) is 95.9 Å². The fraction of sp³-hybridized carbons (Fsp3) is 0.561. The van der Waals surface area contributed by atoms with Crippen molar-refractivity contribution in [2.75, 3.05) is 55.7 Å². The second-order valence-electron chi connectivity index (χ2n) is 16.7. The van der Waals surface area contributed by atoms with Crippen LogP contribution in [-0.2, 0) is 4.79 Å². The van der Waals surface area contributed by atoms with E-state index in [1.807, 2.05) is 11.0 Å². The second kappa shape index (κ2) is 13.3. The molecule has 2 aromatic heterocycles. The summed E-state index contributed by atoms with van der Waals surface area (Å²) in [4.78, 5) is 31.4. The normalized spacial score (nSPS) is 23.1. The number of H-pyrrole nitrogens is 1. The van der Waals surface area contributed by atoms with Crippen molar-refractivity contribution >= 4 is 39.5 Å². The van der Waals surface area contributed by atoms with Gasteiger partial charge in [-0.1, -0.05) is 13.5 Å². The molecule has 14 heteroatoms. The Balaban J connectivity index is 1.19. The van der Waals surface area contributed by atoms with Crippen LogP contribution in [0.2, 0.25) is 0 Å². The molecule has 9 rings (SSSR count). The minimum absolute atomic E-state index is 0.000151. The summed E-state index contributed by atoms with van der Waals surface area (Å²) in [5.74, 6) is 0.642. The van der Waals surface area contributed by atoms with Gasteiger partial charge in [0.1, 0.15) is 17.2 Å². The van der Waals surface area contributed by atoms with Gasteiger partial charge in [0.05, 0.1) is 11.7 Å². The zero-order chi connectivity index (χ0) is 38.4. The monoisotopic (exact) mass is 760 g/mol. The molecule has 4 saturated heterocycles. The number of fused-ring (bicyclic) bond motifs is 2. The van der Waals surface area contributed by atoms with Crippen LogP contribution >= 0.6 is 0 Å². The lowest BCUT2D eigenvalue weighted by Gasteiger charge is -2.54. The number of aromatic nitrogens is 4. The molecule has 10 nitrogen and oxygen atoms in total. The van der Waals surface area contributed by atoms with Crippen LogP contribution in [0.25, 0.3) is 32.9 Å². The van der Waals surface area contributed by atoms with E-state index in [1.165, 1.54) is 18.6 Å². The van der Waals surface area contributed by atoms with E-state index in [0.29, 0.717) is 108 Å². The third-order valence-corrected chi connectivity index (χ3v) is 13.1. The number of hydrogen-bond donors (Lipinski definition) is 1. The molecule has 1 N–H and O–H groups in total. The predicted octanol–water partition coefficient (Wildman–Crippen LogP) is 7.51. The van der Waals surface area contributed by atoms with Crippen LogP contribution in [0.4, 0.5) is 29.3 Å².